The van der Waals surface area contributed by atoms with Crippen molar-refractivity contribution >= 4 is 44.9 Å². The first-order chi connectivity index (χ1) is 15.1. The van der Waals surface area contributed by atoms with Crippen LogP contribution >= 0.6 is 0 Å². The summed E-state index contributed by atoms with van der Waals surface area (Å²) in [4.78, 5) is 14.0. The lowest BCUT2D eigenvalue weighted by Gasteiger charge is -2.30. The first-order valence-corrected chi connectivity index (χ1v) is 10.5. The first-order valence-electron chi connectivity index (χ1n) is 10.5. The van der Waals surface area contributed by atoms with Gasteiger partial charge < -0.3 is 9.32 Å². The van der Waals surface area contributed by atoms with Crippen molar-refractivity contribution in [2.45, 2.75) is 26.9 Å². The second-order valence-electron chi connectivity index (χ2n) is 8.07. The maximum atomic E-state index is 6.36. The molecule has 0 bridgehead atoms. The smallest absolute Gasteiger partial charge is 0.227 e. The van der Waals surface area contributed by atoms with Gasteiger partial charge in [0.15, 0.2) is 11.4 Å². The number of rotatable bonds is 2. The van der Waals surface area contributed by atoms with Gasteiger partial charge in [-0.2, -0.15) is 0 Å². The van der Waals surface area contributed by atoms with Gasteiger partial charge in [-0.25, -0.2) is 9.97 Å². The average molecular weight is 406 g/mol. The quantitative estimate of drug-likeness (QED) is 0.329. The van der Waals surface area contributed by atoms with Gasteiger partial charge in [0.25, 0.3) is 0 Å². The fourth-order valence-electron chi connectivity index (χ4n) is 4.69. The molecule has 31 heavy (non-hydrogen) atoms. The van der Waals surface area contributed by atoms with Crippen LogP contribution in [-0.4, -0.2) is 16.1 Å². The molecule has 0 unspecified atom stereocenters. The Bertz CT molecular complexity index is 1440. The van der Waals surface area contributed by atoms with Crippen molar-refractivity contribution in [3.05, 3.63) is 84.2 Å². The molecule has 0 saturated carbocycles. The van der Waals surface area contributed by atoms with Gasteiger partial charge in [-0.05, 0) is 62.7 Å². The van der Waals surface area contributed by atoms with Crippen LogP contribution in [0.4, 0.5) is 22.9 Å². The van der Waals surface area contributed by atoms with Crippen LogP contribution in [0.5, 0.6) is 0 Å². The van der Waals surface area contributed by atoms with Gasteiger partial charge >= 0.3 is 0 Å². The van der Waals surface area contributed by atoms with Crippen LogP contribution in [0.15, 0.2) is 77.3 Å². The summed E-state index contributed by atoms with van der Waals surface area (Å²) in [6, 6.07) is 23.0. The van der Waals surface area contributed by atoms with E-state index in [0.717, 1.165) is 50.5 Å². The summed E-state index contributed by atoms with van der Waals surface area (Å²) in [5, 5.41) is 2.11. The summed E-state index contributed by atoms with van der Waals surface area (Å²) in [5.41, 5.74) is 6.88. The molecule has 6 rings (SSSR count). The zero-order valence-electron chi connectivity index (χ0n) is 17.7. The van der Waals surface area contributed by atoms with E-state index in [2.05, 4.69) is 77.2 Å². The zero-order chi connectivity index (χ0) is 21.1. The summed E-state index contributed by atoms with van der Waals surface area (Å²) in [6.45, 7) is 6.32. The number of fused-ring (bicyclic) bond motifs is 4. The molecular weight excluding hydrogens is 384 g/mol. The molecule has 1 atom stereocenters. The molecule has 1 aliphatic heterocycles. The highest BCUT2D eigenvalue weighted by Crippen LogP contribution is 2.49. The Balaban J connectivity index is 1.62. The number of benzene rings is 2. The molecule has 0 spiro atoms. The van der Waals surface area contributed by atoms with Crippen molar-refractivity contribution in [3.63, 3.8) is 0 Å². The van der Waals surface area contributed by atoms with Crippen molar-refractivity contribution in [1.82, 2.24) is 9.97 Å². The molecule has 0 N–H and O–H groups in total. The number of anilines is 4. The molecule has 0 amide bonds. The van der Waals surface area contributed by atoms with Gasteiger partial charge in [0.05, 0.1) is 11.4 Å². The van der Waals surface area contributed by atoms with Gasteiger partial charge in [0.1, 0.15) is 6.17 Å². The third-order valence-electron chi connectivity index (χ3n) is 6.10. The summed E-state index contributed by atoms with van der Waals surface area (Å²) < 4.78 is 6.36. The Morgan fingerprint density at radius 3 is 2.48 bits per heavy atom. The molecule has 152 valence electrons. The Hall–Kier alpha value is -3.86. The van der Waals surface area contributed by atoms with Crippen LogP contribution in [0.2, 0.25) is 0 Å². The van der Waals surface area contributed by atoms with Crippen molar-refractivity contribution < 1.29 is 4.42 Å². The van der Waals surface area contributed by atoms with Crippen LogP contribution in [0.1, 0.15) is 18.2 Å². The standard InChI is InChI=1S/C26H22N4O/c1-16-11-13-20-21-14-12-17(2)28-26(21)31-24(20)23(16)30-18(3)29(19-8-5-4-6-9-19)22-10-7-15-27-25(22)30/h4-15,18H,1-3H3/t18-/m0/s1. The molecule has 0 fully saturated rings. The largest absolute Gasteiger partial charge is 0.435 e. The minimum atomic E-state index is 0.0273. The molecule has 5 nitrogen and oxygen atoms in total. The Morgan fingerprint density at radius 1 is 0.839 bits per heavy atom. The van der Waals surface area contributed by atoms with Gasteiger partial charge in [-0.15, -0.1) is 0 Å². The monoisotopic (exact) mass is 406 g/mol. The number of hydrogen-bond acceptors (Lipinski definition) is 5. The molecule has 5 heteroatoms. The highest BCUT2D eigenvalue weighted by Gasteiger charge is 2.38. The maximum Gasteiger partial charge on any atom is 0.227 e. The maximum absolute atomic E-state index is 6.36. The van der Waals surface area contributed by atoms with Crippen LogP contribution in [-0.2, 0) is 0 Å². The number of hydrogen-bond donors (Lipinski definition) is 0. The Kier molecular flexibility index (Phi) is 3.81. The van der Waals surface area contributed by atoms with Crippen LogP contribution in [0.3, 0.4) is 0 Å². The predicted octanol–water partition coefficient (Wildman–Crippen LogP) is 6.63. The lowest BCUT2D eigenvalue weighted by atomic mass is 10.1. The van der Waals surface area contributed by atoms with E-state index in [4.69, 9.17) is 9.40 Å². The Morgan fingerprint density at radius 2 is 1.65 bits per heavy atom. The highest BCUT2D eigenvalue weighted by molar-refractivity contribution is 6.10. The number of aryl methyl sites for hydroxylation is 2. The number of pyridine rings is 2. The molecule has 0 saturated heterocycles. The lowest BCUT2D eigenvalue weighted by Crippen LogP contribution is -2.35. The minimum Gasteiger partial charge on any atom is -0.435 e. The fraction of sp³-hybridized carbons (Fsp3) is 0.154. The van der Waals surface area contributed by atoms with Crippen LogP contribution in [0.25, 0.3) is 22.1 Å². The highest BCUT2D eigenvalue weighted by atomic mass is 16.3. The lowest BCUT2D eigenvalue weighted by molar-refractivity contribution is 0.647. The van der Waals surface area contributed by atoms with E-state index in [1.807, 2.05) is 31.3 Å². The van der Waals surface area contributed by atoms with Gasteiger partial charge in [-0.1, -0.05) is 30.3 Å². The third-order valence-corrected chi connectivity index (χ3v) is 6.10. The summed E-state index contributed by atoms with van der Waals surface area (Å²) in [7, 11) is 0. The third kappa shape index (κ3) is 2.56. The second-order valence-corrected chi connectivity index (χ2v) is 8.07. The first kappa shape index (κ1) is 18.0. The van der Waals surface area contributed by atoms with E-state index >= 15 is 0 Å². The number of para-hydroxylation sites is 1. The molecule has 4 heterocycles. The fourth-order valence-corrected chi connectivity index (χ4v) is 4.69. The van der Waals surface area contributed by atoms with E-state index in [-0.39, 0.29) is 6.17 Å². The molecule has 0 radical (unpaired) electrons. The Labute approximate surface area is 180 Å². The van der Waals surface area contributed by atoms with E-state index in [9.17, 15) is 0 Å². The van der Waals surface area contributed by atoms with Gasteiger partial charge in [0.2, 0.25) is 5.71 Å². The molecule has 2 aromatic carbocycles. The van der Waals surface area contributed by atoms with Crippen LogP contribution < -0.4 is 9.80 Å². The molecule has 5 aromatic rings. The van der Waals surface area contributed by atoms with E-state index < -0.39 is 0 Å². The number of aromatic nitrogens is 2. The summed E-state index contributed by atoms with van der Waals surface area (Å²) >= 11 is 0. The van der Waals surface area contributed by atoms with E-state index in [0.29, 0.717) is 5.71 Å². The van der Waals surface area contributed by atoms with Crippen LogP contribution in [0, 0.1) is 13.8 Å². The number of furan rings is 1. The normalized spacial score (nSPS) is 15.8. The molecule has 0 aliphatic carbocycles. The van der Waals surface area contributed by atoms with E-state index in [1.54, 1.807) is 0 Å². The van der Waals surface area contributed by atoms with Crippen molar-refractivity contribution in [1.29, 1.82) is 0 Å². The summed E-state index contributed by atoms with van der Waals surface area (Å²) in [6.07, 6.45) is 1.88. The molecule has 1 aliphatic rings. The van der Waals surface area contributed by atoms with E-state index in [1.165, 1.54) is 0 Å². The molecular formula is C26H22N4O. The van der Waals surface area contributed by atoms with Crippen molar-refractivity contribution in [2.24, 2.45) is 0 Å². The van der Waals surface area contributed by atoms with Gasteiger partial charge in [0, 0.05) is 28.4 Å². The van der Waals surface area contributed by atoms with Crippen molar-refractivity contribution in [2.75, 3.05) is 9.80 Å². The SMILES string of the molecule is Cc1ccc2c(n1)oc1c(N3c4ncccc4N(c4ccccc4)[C@@H]3C)c(C)ccc12. The van der Waals surface area contributed by atoms with Gasteiger partial charge in [-0.3, -0.25) is 4.90 Å². The van der Waals surface area contributed by atoms with Crippen molar-refractivity contribution in [3.8, 4) is 0 Å². The molecule has 3 aromatic heterocycles. The average Bonchev–Trinajstić information content (AvgIpc) is 3.28. The zero-order valence-corrected chi connectivity index (χ0v) is 17.7. The second kappa shape index (κ2) is 6.57. The summed E-state index contributed by atoms with van der Waals surface area (Å²) in [5.74, 6) is 0.930. The number of nitrogens with zero attached hydrogens (tertiary/aromatic N) is 4. The topological polar surface area (TPSA) is 45.4 Å². The minimum absolute atomic E-state index is 0.0273. The predicted molar refractivity (Wildman–Crippen MR) is 125 cm³/mol.